The maximum atomic E-state index is 12.4. The number of allylic oxidation sites excluding steroid dienone is 3. The third-order valence-electron chi connectivity index (χ3n) is 3.83. The van der Waals surface area contributed by atoms with E-state index in [1.807, 2.05) is 67.6 Å². The molecule has 1 amide bonds. The van der Waals surface area contributed by atoms with E-state index in [1.165, 1.54) is 0 Å². The second-order valence-corrected chi connectivity index (χ2v) is 5.51. The van der Waals surface area contributed by atoms with Crippen LogP contribution in [0.1, 0.15) is 5.56 Å². The molecule has 1 aliphatic carbocycles. The van der Waals surface area contributed by atoms with Crippen LogP contribution >= 0.6 is 0 Å². The molecule has 1 aromatic carbocycles. The van der Waals surface area contributed by atoms with Gasteiger partial charge in [0.15, 0.2) is 0 Å². The lowest BCUT2D eigenvalue weighted by atomic mass is 9.88. The van der Waals surface area contributed by atoms with Crippen molar-refractivity contribution in [3.63, 3.8) is 0 Å². The molecule has 0 N–H and O–H groups in total. The molecule has 4 nitrogen and oxygen atoms in total. The Hall–Kier alpha value is -2.62. The number of aliphatic imine (C=N–C) groups is 1. The lowest BCUT2D eigenvalue weighted by molar-refractivity contribution is -0.119. The average Bonchev–Trinajstić information content (AvgIpc) is 2.54. The first-order valence-electron chi connectivity index (χ1n) is 7.14. The van der Waals surface area contributed by atoms with Crippen molar-refractivity contribution in [1.82, 2.24) is 4.90 Å². The van der Waals surface area contributed by atoms with Crippen LogP contribution in [0.25, 0.3) is 0 Å². The van der Waals surface area contributed by atoms with Gasteiger partial charge in [-0.3, -0.25) is 4.79 Å². The van der Waals surface area contributed by atoms with Crippen molar-refractivity contribution in [2.24, 2.45) is 10.9 Å². The van der Waals surface area contributed by atoms with Gasteiger partial charge < -0.3 is 9.64 Å². The number of rotatable bonds is 3. The van der Waals surface area contributed by atoms with Crippen molar-refractivity contribution >= 4 is 11.6 Å². The van der Waals surface area contributed by atoms with Gasteiger partial charge in [0.1, 0.15) is 5.75 Å². The molecule has 2 aliphatic rings. The van der Waals surface area contributed by atoms with Crippen LogP contribution in [0.2, 0.25) is 0 Å². The van der Waals surface area contributed by atoms with Crippen molar-refractivity contribution in [3.05, 3.63) is 65.4 Å². The number of benzene rings is 1. The Bertz CT molecular complexity index is 739. The number of ether oxygens (including phenoxy) is 1. The lowest BCUT2D eigenvalue weighted by Gasteiger charge is -2.24. The number of dihydropyridines is 1. The van der Waals surface area contributed by atoms with E-state index < -0.39 is 0 Å². The van der Waals surface area contributed by atoms with Gasteiger partial charge in [0.25, 0.3) is 5.91 Å². The summed E-state index contributed by atoms with van der Waals surface area (Å²) in [6.45, 7) is 0. The van der Waals surface area contributed by atoms with Crippen LogP contribution in [0.4, 0.5) is 0 Å². The Morgan fingerprint density at radius 1 is 1.23 bits per heavy atom. The number of carbonyl (C=O) groups is 1. The zero-order valence-corrected chi connectivity index (χ0v) is 12.9. The smallest absolute Gasteiger partial charge is 0.257 e. The molecule has 112 valence electrons. The van der Waals surface area contributed by atoms with Crippen molar-refractivity contribution in [2.75, 3.05) is 21.2 Å². The largest absolute Gasteiger partial charge is 0.497 e. The van der Waals surface area contributed by atoms with Crippen LogP contribution < -0.4 is 4.74 Å². The molecule has 4 heteroatoms. The molecule has 0 fully saturated rings. The number of likely N-dealkylation sites (N-methyl/N-ethyl adjacent to an activating group) is 1. The van der Waals surface area contributed by atoms with E-state index >= 15 is 0 Å². The molecule has 22 heavy (non-hydrogen) atoms. The second-order valence-electron chi connectivity index (χ2n) is 5.51. The number of methoxy groups -OCH3 is 1. The van der Waals surface area contributed by atoms with Gasteiger partial charge in [0, 0.05) is 25.4 Å². The first-order valence-corrected chi connectivity index (χ1v) is 7.14. The van der Waals surface area contributed by atoms with E-state index in [2.05, 4.69) is 4.99 Å². The zero-order chi connectivity index (χ0) is 15.7. The van der Waals surface area contributed by atoms with Gasteiger partial charge in [-0.1, -0.05) is 18.2 Å². The van der Waals surface area contributed by atoms with E-state index in [0.29, 0.717) is 5.71 Å². The minimum absolute atomic E-state index is 0.126. The molecule has 1 atom stereocenters. The van der Waals surface area contributed by atoms with E-state index in [1.54, 1.807) is 7.11 Å². The normalized spacial score (nSPS) is 19.9. The van der Waals surface area contributed by atoms with Gasteiger partial charge in [-0.2, -0.15) is 0 Å². The zero-order valence-electron chi connectivity index (χ0n) is 12.9. The van der Waals surface area contributed by atoms with Crippen LogP contribution in [0.3, 0.4) is 0 Å². The summed E-state index contributed by atoms with van der Waals surface area (Å²) in [5, 5.41) is 0. The molecule has 3 rings (SSSR count). The fourth-order valence-electron chi connectivity index (χ4n) is 2.57. The number of fused-ring (bicyclic) bond motifs is 1. The second kappa shape index (κ2) is 5.64. The predicted octanol–water partition coefficient (Wildman–Crippen LogP) is 2.58. The minimum atomic E-state index is -0.281. The van der Waals surface area contributed by atoms with Gasteiger partial charge in [0.2, 0.25) is 0 Å². The molecule has 0 spiro atoms. The van der Waals surface area contributed by atoms with Crippen molar-refractivity contribution in [2.45, 2.75) is 0 Å². The monoisotopic (exact) mass is 294 g/mol. The Kier molecular flexibility index (Phi) is 3.67. The fraction of sp³-hybridized carbons (Fsp3) is 0.222. The summed E-state index contributed by atoms with van der Waals surface area (Å²) >= 11 is 0. The van der Waals surface area contributed by atoms with Crippen molar-refractivity contribution < 1.29 is 9.53 Å². The first kappa shape index (κ1) is 14.3. The summed E-state index contributed by atoms with van der Waals surface area (Å²) in [6.07, 6.45) is 7.94. The Morgan fingerprint density at radius 3 is 2.77 bits per heavy atom. The molecule has 0 bridgehead atoms. The number of carbonyl (C=O) groups excluding carboxylic acids is 1. The third-order valence-corrected chi connectivity index (χ3v) is 3.83. The highest BCUT2D eigenvalue weighted by atomic mass is 16.5. The Labute approximate surface area is 130 Å². The lowest BCUT2D eigenvalue weighted by Crippen LogP contribution is -2.24. The minimum Gasteiger partial charge on any atom is -0.497 e. The van der Waals surface area contributed by atoms with Crippen LogP contribution in [0.5, 0.6) is 5.75 Å². The molecule has 1 unspecified atom stereocenters. The molecule has 1 aromatic rings. The van der Waals surface area contributed by atoms with E-state index in [9.17, 15) is 4.79 Å². The van der Waals surface area contributed by atoms with Crippen molar-refractivity contribution in [3.8, 4) is 5.75 Å². The number of hydrogen-bond donors (Lipinski definition) is 0. The summed E-state index contributed by atoms with van der Waals surface area (Å²) < 4.78 is 5.23. The summed E-state index contributed by atoms with van der Waals surface area (Å²) in [7, 11) is 5.55. The van der Waals surface area contributed by atoms with Crippen LogP contribution in [0, 0.1) is 5.92 Å². The molecule has 0 aromatic heterocycles. The topological polar surface area (TPSA) is 41.9 Å². The fourth-order valence-corrected chi connectivity index (χ4v) is 2.57. The quantitative estimate of drug-likeness (QED) is 0.860. The maximum absolute atomic E-state index is 12.4. The molecule has 1 aliphatic heterocycles. The molecular weight excluding hydrogens is 276 g/mol. The van der Waals surface area contributed by atoms with Gasteiger partial charge in [0.05, 0.1) is 18.7 Å². The highest BCUT2D eigenvalue weighted by Gasteiger charge is 2.27. The maximum Gasteiger partial charge on any atom is 0.257 e. The molecule has 1 heterocycles. The third kappa shape index (κ3) is 2.60. The van der Waals surface area contributed by atoms with Gasteiger partial charge in [-0.25, -0.2) is 4.99 Å². The van der Waals surface area contributed by atoms with E-state index in [4.69, 9.17) is 4.74 Å². The number of amides is 1. The van der Waals surface area contributed by atoms with E-state index in [-0.39, 0.29) is 11.8 Å². The molecular formula is C18H18N2O2. The van der Waals surface area contributed by atoms with Crippen molar-refractivity contribution in [1.29, 1.82) is 0 Å². The number of nitrogens with zero attached hydrogens (tertiary/aromatic N) is 2. The number of hydrogen-bond acceptors (Lipinski definition) is 3. The van der Waals surface area contributed by atoms with Crippen LogP contribution in [0.15, 0.2) is 64.8 Å². The summed E-state index contributed by atoms with van der Waals surface area (Å²) in [5.74, 6) is 0.345. The molecule has 0 saturated carbocycles. The molecule has 0 radical (unpaired) electrons. The van der Waals surface area contributed by atoms with Gasteiger partial charge in [-0.05, 0) is 35.9 Å². The highest BCUT2D eigenvalue weighted by molar-refractivity contribution is 6.17. The Morgan fingerprint density at radius 2 is 2.05 bits per heavy atom. The average molecular weight is 294 g/mol. The van der Waals surface area contributed by atoms with E-state index in [0.717, 1.165) is 22.6 Å². The first-order chi connectivity index (χ1) is 10.6. The predicted molar refractivity (Wildman–Crippen MR) is 87.0 cm³/mol. The summed E-state index contributed by atoms with van der Waals surface area (Å²) in [5.41, 5.74) is 3.56. The van der Waals surface area contributed by atoms with Crippen LogP contribution in [-0.2, 0) is 4.79 Å². The van der Waals surface area contributed by atoms with Crippen LogP contribution in [-0.4, -0.2) is 37.7 Å². The standard InChI is InChI=1S/C18H18N2O2/c1-20(2)14-8-7-12-10-17(19-18(21)16(12)11-14)13-5-4-6-15(9-13)22-3/h4-11,16H,1-3H3. The summed E-state index contributed by atoms with van der Waals surface area (Å²) in [4.78, 5) is 18.6. The molecule has 0 saturated heterocycles. The van der Waals surface area contributed by atoms with Gasteiger partial charge in [-0.15, -0.1) is 0 Å². The van der Waals surface area contributed by atoms with Gasteiger partial charge >= 0.3 is 0 Å². The SMILES string of the molecule is COc1cccc(C2=NC(=O)C3C=C(N(C)C)C=CC3=C2)c1. The Balaban J connectivity index is 1.96. The summed E-state index contributed by atoms with van der Waals surface area (Å²) in [6, 6.07) is 7.58. The highest BCUT2D eigenvalue weighted by Crippen LogP contribution is 2.29.